The largest absolute Gasteiger partial charge is 0.381 e. The molecule has 2 N–H and O–H groups in total. The molecule has 12 nitrogen and oxygen atoms in total. The Morgan fingerprint density at radius 3 is 1.98 bits per heavy atom. The topological polar surface area (TPSA) is 119 Å². The summed E-state index contributed by atoms with van der Waals surface area (Å²) in [5.74, 6) is 2.40. The van der Waals surface area contributed by atoms with E-state index in [1.165, 1.54) is 50.6 Å². The third-order valence-electron chi connectivity index (χ3n) is 14.9. The van der Waals surface area contributed by atoms with Crippen molar-refractivity contribution in [3.63, 3.8) is 0 Å². The molecule has 0 spiro atoms. The molecular formula is C47H73FN10O2. The second-order valence-electron chi connectivity index (χ2n) is 19.8. The summed E-state index contributed by atoms with van der Waals surface area (Å²) in [6, 6.07) is 9.07. The Balaban J connectivity index is 0.000000183. The van der Waals surface area contributed by atoms with Crippen molar-refractivity contribution in [2.75, 3.05) is 75.4 Å². The SMILES string of the molecule is CCC(C)(C)C1CC[C@@H](N2CCN(c3ccc(C(=O)NC4CCOCC4)nc3F)CC2)C1.CCc1nc(-c2ccc(N3CCN([C@@H]4CCC(C(C)(C)C)C4)CC3)cn2)n[nH]1. The van der Waals surface area contributed by atoms with Gasteiger partial charge in [0.1, 0.15) is 17.2 Å². The Morgan fingerprint density at radius 2 is 1.43 bits per heavy atom. The Bertz CT molecular complexity index is 1820. The van der Waals surface area contributed by atoms with Crippen LogP contribution >= 0.6 is 0 Å². The molecular weight excluding hydrogens is 756 g/mol. The van der Waals surface area contributed by atoms with Gasteiger partial charge < -0.3 is 19.9 Å². The van der Waals surface area contributed by atoms with Crippen LogP contribution in [0.4, 0.5) is 15.8 Å². The number of anilines is 2. The van der Waals surface area contributed by atoms with Gasteiger partial charge in [-0.2, -0.15) is 9.49 Å². The molecule has 2 saturated carbocycles. The van der Waals surface area contributed by atoms with Gasteiger partial charge in [-0.25, -0.2) is 9.97 Å². The molecule has 3 aromatic heterocycles. The number of hydrogen-bond acceptors (Lipinski definition) is 10. The maximum Gasteiger partial charge on any atom is 0.270 e. The number of nitrogens with one attached hydrogen (secondary N) is 2. The first kappa shape index (κ1) is 44.4. The number of carbonyl (C=O) groups is 1. The number of ether oxygens (including phenoxy) is 1. The van der Waals surface area contributed by atoms with Crippen LogP contribution in [-0.4, -0.2) is 125 Å². The van der Waals surface area contributed by atoms with E-state index in [9.17, 15) is 9.18 Å². The van der Waals surface area contributed by atoms with Crippen molar-refractivity contribution in [3.8, 4) is 11.5 Å². The van der Waals surface area contributed by atoms with Crippen molar-refractivity contribution in [2.24, 2.45) is 22.7 Å². The highest BCUT2D eigenvalue weighted by Gasteiger charge is 2.39. The lowest BCUT2D eigenvalue weighted by Crippen LogP contribution is -2.50. The first-order valence-electron chi connectivity index (χ1n) is 23.2. The molecule has 6 heterocycles. The van der Waals surface area contributed by atoms with Gasteiger partial charge in [0.2, 0.25) is 5.95 Å². The van der Waals surface area contributed by atoms with Crippen molar-refractivity contribution in [1.82, 2.24) is 40.3 Å². The number of aryl methyl sites for hydroxylation is 1. The number of hydrogen-bond donors (Lipinski definition) is 2. The highest BCUT2D eigenvalue weighted by Crippen LogP contribution is 2.44. The summed E-state index contributed by atoms with van der Waals surface area (Å²) < 4.78 is 20.1. The van der Waals surface area contributed by atoms with Crippen molar-refractivity contribution >= 4 is 17.3 Å². The molecule has 2 unspecified atom stereocenters. The van der Waals surface area contributed by atoms with Crippen molar-refractivity contribution in [2.45, 2.75) is 131 Å². The summed E-state index contributed by atoms with van der Waals surface area (Å²) in [7, 11) is 0. The van der Waals surface area contributed by atoms with Crippen LogP contribution in [0.3, 0.4) is 0 Å². The van der Waals surface area contributed by atoms with E-state index in [1.54, 1.807) is 12.1 Å². The summed E-state index contributed by atoms with van der Waals surface area (Å²) in [5.41, 5.74) is 3.55. The normalized spacial score (nSPS) is 25.0. The fourth-order valence-electron chi connectivity index (χ4n) is 10.2. The Hall–Kier alpha value is -3.68. The Labute approximate surface area is 358 Å². The van der Waals surface area contributed by atoms with Crippen LogP contribution in [0, 0.1) is 28.6 Å². The number of halogens is 1. The van der Waals surface area contributed by atoms with E-state index in [4.69, 9.17) is 4.74 Å². The van der Waals surface area contributed by atoms with Crippen LogP contribution in [0.2, 0.25) is 0 Å². The molecule has 4 atom stereocenters. The van der Waals surface area contributed by atoms with Gasteiger partial charge in [-0.15, -0.1) is 0 Å². The van der Waals surface area contributed by atoms with Crippen molar-refractivity contribution in [3.05, 3.63) is 47.9 Å². The molecule has 60 heavy (non-hydrogen) atoms. The van der Waals surface area contributed by atoms with Gasteiger partial charge in [0.25, 0.3) is 5.91 Å². The predicted molar refractivity (Wildman–Crippen MR) is 238 cm³/mol. The van der Waals surface area contributed by atoms with Crippen LogP contribution in [0.5, 0.6) is 0 Å². The number of aromatic amines is 1. The molecule has 330 valence electrons. The van der Waals surface area contributed by atoms with Gasteiger partial charge in [-0.3, -0.25) is 24.7 Å². The van der Waals surface area contributed by atoms with Gasteiger partial charge >= 0.3 is 0 Å². The molecule has 3 aromatic rings. The maximum absolute atomic E-state index is 14.8. The number of H-pyrrole nitrogens is 1. The average molecular weight is 829 g/mol. The number of aromatic nitrogens is 5. The molecule has 3 saturated heterocycles. The number of piperazine rings is 2. The smallest absolute Gasteiger partial charge is 0.270 e. The number of nitrogens with zero attached hydrogens (tertiary/aromatic N) is 8. The molecule has 0 aromatic carbocycles. The quantitative estimate of drug-likeness (QED) is 0.198. The lowest BCUT2D eigenvalue weighted by Gasteiger charge is -2.39. The van der Waals surface area contributed by atoms with E-state index in [0.29, 0.717) is 41.6 Å². The summed E-state index contributed by atoms with van der Waals surface area (Å²) in [5, 5.41) is 10.2. The molecule has 13 heteroatoms. The van der Waals surface area contributed by atoms with E-state index in [0.717, 1.165) is 101 Å². The van der Waals surface area contributed by atoms with E-state index < -0.39 is 5.95 Å². The average Bonchev–Trinajstić information content (AvgIpc) is 4.07. The van der Waals surface area contributed by atoms with Gasteiger partial charge in [-0.05, 0) is 98.3 Å². The fraction of sp³-hybridized carbons (Fsp3) is 0.723. The third-order valence-corrected chi connectivity index (χ3v) is 14.9. The predicted octanol–water partition coefficient (Wildman–Crippen LogP) is 7.62. The monoisotopic (exact) mass is 829 g/mol. The molecule has 5 fully saturated rings. The van der Waals surface area contributed by atoms with E-state index >= 15 is 0 Å². The molecule has 8 rings (SSSR count). The third kappa shape index (κ3) is 10.8. The maximum atomic E-state index is 14.8. The standard InChI is InChI=1S/C25H39FN4O2.C22H34N6/c1-4-25(2,3)18-5-6-20(17-18)29-11-13-30(14-12-29)22-8-7-21(28-23(22)26)24(31)27-19-9-15-32-16-10-19;1-5-20-24-21(26-25-20)19-9-8-18(15-23-19)28-12-10-27(11-13-28)17-7-6-16(14-17)22(2,3)4/h7-8,18-20H,4-6,9-17H2,1-3H3,(H,27,31);8-9,15-17H,5-7,10-14H2,1-4H3,(H,24,25,26)/t18?,20-;16?,17-/m11/s1. The number of rotatable bonds is 10. The minimum atomic E-state index is -0.552. The zero-order valence-corrected chi connectivity index (χ0v) is 37.7. The molecule has 0 bridgehead atoms. The van der Waals surface area contributed by atoms with Gasteiger partial charge in [0.05, 0.1) is 17.6 Å². The number of pyridine rings is 2. The minimum absolute atomic E-state index is 0.0759. The Kier molecular flexibility index (Phi) is 14.5. The Morgan fingerprint density at radius 1 is 0.800 bits per heavy atom. The minimum Gasteiger partial charge on any atom is -0.381 e. The fourth-order valence-corrected chi connectivity index (χ4v) is 10.2. The van der Waals surface area contributed by atoms with E-state index in [2.05, 4.69) is 105 Å². The molecule has 3 aliphatic heterocycles. The van der Waals surface area contributed by atoms with Crippen LogP contribution in [0.1, 0.15) is 123 Å². The van der Waals surface area contributed by atoms with Crippen LogP contribution < -0.4 is 15.1 Å². The van der Waals surface area contributed by atoms with Gasteiger partial charge in [-0.1, -0.05) is 54.9 Å². The van der Waals surface area contributed by atoms with Gasteiger partial charge in [0.15, 0.2) is 5.82 Å². The zero-order valence-electron chi connectivity index (χ0n) is 37.7. The lowest BCUT2D eigenvalue weighted by atomic mass is 9.76. The zero-order chi connectivity index (χ0) is 42.4. The first-order chi connectivity index (χ1) is 28.8. The molecule has 1 amide bonds. The summed E-state index contributed by atoms with van der Waals surface area (Å²) in [6.45, 7) is 25.6. The second kappa shape index (κ2) is 19.6. The first-order valence-corrected chi connectivity index (χ1v) is 23.2. The summed E-state index contributed by atoms with van der Waals surface area (Å²) >= 11 is 0. The van der Waals surface area contributed by atoms with Crippen LogP contribution in [0.25, 0.3) is 11.5 Å². The van der Waals surface area contributed by atoms with E-state index in [-0.39, 0.29) is 17.6 Å². The second-order valence-corrected chi connectivity index (χ2v) is 19.8. The highest BCUT2D eigenvalue weighted by molar-refractivity contribution is 5.92. The van der Waals surface area contributed by atoms with E-state index in [1.807, 2.05) is 12.3 Å². The highest BCUT2D eigenvalue weighted by atomic mass is 19.1. The lowest BCUT2D eigenvalue weighted by molar-refractivity contribution is 0.0693. The van der Waals surface area contributed by atoms with Crippen molar-refractivity contribution < 1.29 is 13.9 Å². The summed E-state index contributed by atoms with van der Waals surface area (Å²) in [6.07, 6.45) is 13.6. The molecule has 0 radical (unpaired) electrons. The number of amides is 1. The number of carbonyl (C=O) groups excluding carboxylic acids is 1. The van der Waals surface area contributed by atoms with Crippen molar-refractivity contribution in [1.29, 1.82) is 0 Å². The summed E-state index contributed by atoms with van der Waals surface area (Å²) in [4.78, 5) is 35.4. The van der Waals surface area contributed by atoms with Gasteiger partial charge in [0, 0.05) is 90.1 Å². The molecule has 5 aliphatic rings. The van der Waals surface area contributed by atoms with Crippen LogP contribution in [0.15, 0.2) is 30.5 Å². The van der Waals surface area contributed by atoms with Crippen LogP contribution in [-0.2, 0) is 11.2 Å². The molecule has 2 aliphatic carbocycles.